The van der Waals surface area contributed by atoms with E-state index in [0.29, 0.717) is 17.5 Å². The molecule has 1 aromatic carbocycles. The largest absolute Gasteiger partial charge is 0.490 e. The highest BCUT2D eigenvalue weighted by molar-refractivity contribution is 7.15. The van der Waals surface area contributed by atoms with E-state index >= 15 is 0 Å². The van der Waals surface area contributed by atoms with Crippen LogP contribution in [-0.4, -0.2) is 70.6 Å². The van der Waals surface area contributed by atoms with Crippen molar-refractivity contribution in [3.63, 3.8) is 0 Å². The van der Waals surface area contributed by atoms with Crippen LogP contribution in [0.3, 0.4) is 0 Å². The second-order valence-corrected chi connectivity index (χ2v) is 10.2. The van der Waals surface area contributed by atoms with Gasteiger partial charge >= 0.3 is 0 Å². The van der Waals surface area contributed by atoms with Gasteiger partial charge in [-0.25, -0.2) is 0 Å². The predicted molar refractivity (Wildman–Crippen MR) is 140 cm³/mol. The first-order valence-corrected chi connectivity index (χ1v) is 12.9. The number of unbranched alkanes of at least 4 members (excludes halogenated alkanes) is 1. The van der Waals surface area contributed by atoms with Gasteiger partial charge < -0.3 is 29.7 Å². The molecule has 1 unspecified atom stereocenters. The van der Waals surface area contributed by atoms with Crippen molar-refractivity contribution in [3.8, 4) is 27.9 Å². The summed E-state index contributed by atoms with van der Waals surface area (Å²) in [6, 6.07) is 5.95. The lowest BCUT2D eigenvalue weighted by atomic mass is 10.1. The number of aromatic nitrogens is 2. The van der Waals surface area contributed by atoms with Crippen molar-refractivity contribution in [1.29, 1.82) is 0 Å². The fourth-order valence-electron chi connectivity index (χ4n) is 3.81. The van der Waals surface area contributed by atoms with Crippen molar-refractivity contribution in [3.05, 3.63) is 39.8 Å². The molecule has 2 aromatic heterocycles. The molecule has 9 nitrogen and oxygen atoms in total. The Morgan fingerprint density at radius 3 is 2.61 bits per heavy atom. The zero-order valence-corrected chi connectivity index (χ0v) is 22.4. The van der Waals surface area contributed by atoms with Gasteiger partial charge in [0.25, 0.3) is 5.89 Å². The van der Waals surface area contributed by atoms with Gasteiger partial charge in [-0.2, -0.15) is 4.98 Å². The number of hydrogen-bond donors (Lipinski definition) is 3. The lowest BCUT2D eigenvalue weighted by molar-refractivity contribution is -0.124. The molecular formula is C26H36N4O5S. The van der Waals surface area contributed by atoms with Gasteiger partial charge in [0.05, 0.1) is 4.88 Å². The van der Waals surface area contributed by atoms with Gasteiger partial charge in [0.15, 0.2) is 0 Å². The maximum absolute atomic E-state index is 11.1. The van der Waals surface area contributed by atoms with Crippen LogP contribution >= 0.6 is 11.3 Å². The van der Waals surface area contributed by atoms with Crippen molar-refractivity contribution < 1.29 is 24.3 Å². The highest BCUT2D eigenvalue weighted by atomic mass is 32.1. The molecule has 0 bridgehead atoms. The molecule has 0 saturated carbocycles. The first-order valence-electron chi connectivity index (χ1n) is 12.1. The second kappa shape index (κ2) is 13.0. The topological polar surface area (TPSA) is 121 Å². The van der Waals surface area contributed by atoms with Gasteiger partial charge in [-0.15, -0.1) is 11.3 Å². The molecule has 1 amide bonds. The highest BCUT2D eigenvalue weighted by Gasteiger charge is 2.18. The Kier molecular flexibility index (Phi) is 10.0. The van der Waals surface area contributed by atoms with E-state index in [9.17, 15) is 9.90 Å². The van der Waals surface area contributed by atoms with E-state index in [1.165, 1.54) is 23.3 Å². The molecule has 0 saturated heterocycles. The lowest BCUT2D eigenvalue weighted by Gasteiger charge is -2.16. The van der Waals surface area contributed by atoms with E-state index in [1.54, 1.807) is 11.3 Å². The fourth-order valence-corrected chi connectivity index (χ4v) is 4.98. The molecule has 0 spiro atoms. The van der Waals surface area contributed by atoms with Gasteiger partial charge in [-0.1, -0.05) is 18.5 Å². The summed E-state index contributed by atoms with van der Waals surface area (Å²) in [6.45, 7) is 9.51. The third kappa shape index (κ3) is 7.36. The van der Waals surface area contributed by atoms with E-state index in [2.05, 4.69) is 47.3 Å². The van der Waals surface area contributed by atoms with Crippen molar-refractivity contribution >= 4 is 17.2 Å². The van der Waals surface area contributed by atoms with Crippen molar-refractivity contribution in [1.82, 2.24) is 20.4 Å². The number of aliphatic hydroxyl groups is 2. The molecule has 0 aliphatic carbocycles. The minimum absolute atomic E-state index is 0.000143. The van der Waals surface area contributed by atoms with Crippen molar-refractivity contribution in [2.24, 2.45) is 0 Å². The highest BCUT2D eigenvalue weighted by Crippen LogP contribution is 2.34. The van der Waals surface area contributed by atoms with Gasteiger partial charge in [0.2, 0.25) is 11.7 Å². The zero-order chi connectivity index (χ0) is 26.2. The summed E-state index contributed by atoms with van der Waals surface area (Å²) < 4.78 is 11.4. The van der Waals surface area contributed by atoms with Crippen LogP contribution in [0.25, 0.3) is 22.2 Å². The molecule has 36 heavy (non-hydrogen) atoms. The quantitative estimate of drug-likeness (QED) is 0.316. The third-order valence-electron chi connectivity index (χ3n) is 5.78. The third-order valence-corrected chi connectivity index (χ3v) is 6.99. The number of nitrogens with zero attached hydrogens (tertiary/aromatic N) is 3. The number of ether oxygens (including phenoxy) is 1. The summed E-state index contributed by atoms with van der Waals surface area (Å²) in [5.41, 5.74) is 3.78. The number of nitrogens with one attached hydrogen (secondary N) is 1. The molecule has 0 aliphatic rings. The Hall–Kier alpha value is -2.79. The molecular weight excluding hydrogens is 480 g/mol. The Balaban J connectivity index is 1.68. The summed E-state index contributed by atoms with van der Waals surface area (Å²) >= 11 is 1.69. The zero-order valence-electron chi connectivity index (χ0n) is 21.6. The molecule has 10 heteroatoms. The first-order chi connectivity index (χ1) is 17.2. The van der Waals surface area contributed by atoms with Gasteiger partial charge in [0, 0.05) is 23.5 Å². The summed E-state index contributed by atoms with van der Waals surface area (Å²) in [5, 5.41) is 25.4. The van der Waals surface area contributed by atoms with Crippen LogP contribution in [0, 0.1) is 20.8 Å². The number of hydrogen-bond acceptors (Lipinski definition) is 9. The van der Waals surface area contributed by atoms with Crippen LogP contribution in [-0.2, 0) is 11.3 Å². The van der Waals surface area contributed by atoms with Crippen molar-refractivity contribution in [2.75, 3.05) is 33.4 Å². The molecule has 3 N–H and O–H groups in total. The van der Waals surface area contributed by atoms with Crippen LogP contribution in [0.2, 0.25) is 0 Å². The standard InChI is InChI=1S/C26H36N4O5S/c1-6-7-8-30(5)13-22-16(2)11-21(36-22)26-28-25(29-35-26)19-9-17(3)24(18(4)10-19)34-15-20(32)12-27-23(33)14-31/h9-11,20,31-32H,6-8,12-15H2,1-5H3,(H,27,33). The number of aryl methyl sites for hydroxylation is 3. The second-order valence-electron chi connectivity index (χ2n) is 9.10. The van der Waals surface area contributed by atoms with E-state index < -0.39 is 18.6 Å². The lowest BCUT2D eigenvalue weighted by Crippen LogP contribution is -2.36. The monoisotopic (exact) mass is 516 g/mol. The number of carbonyl (C=O) groups is 1. The fraction of sp³-hybridized carbons (Fsp3) is 0.500. The molecule has 1 atom stereocenters. The van der Waals surface area contributed by atoms with E-state index in [1.807, 2.05) is 26.0 Å². The SMILES string of the molecule is CCCCN(C)Cc1sc(-c2nc(-c3cc(C)c(OCC(O)CNC(=O)CO)c(C)c3)no2)cc1C. The average Bonchev–Trinajstić information content (AvgIpc) is 3.47. The van der Waals surface area contributed by atoms with E-state index in [4.69, 9.17) is 14.4 Å². The number of thiophene rings is 1. The normalized spacial score (nSPS) is 12.2. The minimum Gasteiger partial charge on any atom is -0.490 e. The first kappa shape index (κ1) is 27.8. The Bertz CT molecular complexity index is 1140. The summed E-state index contributed by atoms with van der Waals surface area (Å²) in [4.78, 5) is 20.4. The average molecular weight is 517 g/mol. The number of rotatable bonds is 13. The molecule has 0 aliphatic heterocycles. The van der Waals surface area contributed by atoms with E-state index in [0.717, 1.165) is 34.7 Å². The van der Waals surface area contributed by atoms with E-state index in [-0.39, 0.29) is 13.2 Å². The maximum Gasteiger partial charge on any atom is 0.268 e. The number of amides is 1. The van der Waals surface area contributed by atoms with Gasteiger partial charge in [-0.3, -0.25) is 4.79 Å². The summed E-state index contributed by atoms with van der Waals surface area (Å²) in [7, 11) is 2.15. The molecule has 3 rings (SSSR count). The number of aliphatic hydroxyl groups excluding tert-OH is 2. The molecule has 0 fully saturated rings. The smallest absolute Gasteiger partial charge is 0.268 e. The Labute approximate surface area is 216 Å². The maximum atomic E-state index is 11.1. The molecule has 2 heterocycles. The molecule has 0 radical (unpaired) electrons. The summed E-state index contributed by atoms with van der Waals surface area (Å²) in [5.74, 6) is 1.12. The van der Waals surface area contributed by atoms with Gasteiger partial charge in [0.1, 0.15) is 25.1 Å². The number of benzene rings is 1. The van der Waals surface area contributed by atoms with Crippen LogP contribution in [0.5, 0.6) is 5.75 Å². The van der Waals surface area contributed by atoms with Gasteiger partial charge in [-0.05, 0) is 75.7 Å². The van der Waals surface area contributed by atoms with Crippen molar-refractivity contribution in [2.45, 2.75) is 53.2 Å². The summed E-state index contributed by atoms with van der Waals surface area (Å²) in [6.07, 6.45) is 1.47. The van der Waals surface area contributed by atoms with Crippen LogP contribution in [0.1, 0.15) is 41.3 Å². The Morgan fingerprint density at radius 1 is 1.22 bits per heavy atom. The number of carbonyl (C=O) groups excluding carboxylic acids is 1. The van der Waals surface area contributed by atoms with Crippen LogP contribution in [0.15, 0.2) is 22.7 Å². The minimum atomic E-state index is -0.899. The molecule has 3 aromatic rings. The predicted octanol–water partition coefficient (Wildman–Crippen LogP) is 3.47. The molecule has 196 valence electrons. The van der Waals surface area contributed by atoms with Crippen LogP contribution in [0.4, 0.5) is 0 Å². The Morgan fingerprint density at radius 2 is 1.94 bits per heavy atom. The van der Waals surface area contributed by atoms with Crippen LogP contribution < -0.4 is 10.1 Å².